The van der Waals surface area contributed by atoms with Crippen molar-refractivity contribution < 1.29 is 23.2 Å². The topological polar surface area (TPSA) is 151 Å². The Morgan fingerprint density at radius 1 is 1.11 bits per heavy atom. The van der Waals surface area contributed by atoms with Crippen LogP contribution in [-0.2, 0) is 4.79 Å². The number of ether oxygens (including phenoxy) is 1. The van der Waals surface area contributed by atoms with Crippen LogP contribution < -0.4 is 20.7 Å². The van der Waals surface area contributed by atoms with Gasteiger partial charge in [-0.3, -0.25) is 19.4 Å². The minimum Gasteiger partial charge on any atom is -0.494 e. The number of carbonyl (C=O) groups is 3. The molecule has 2 aromatic heterocycles. The van der Waals surface area contributed by atoms with Gasteiger partial charge in [0.15, 0.2) is 17.3 Å². The van der Waals surface area contributed by atoms with Crippen molar-refractivity contribution >= 4 is 34.9 Å². The smallest absolute Gasteiger partial charge is 0.274 e. The zero-order chi connectivity index (χ0) is 28.4. The molecule has 1 aliphatic heterocycles. The Bertz CT molecular complexity index is 1460. The molecule has 0 radical (unpaired) electrons. The molecule has 3 N–H and O–H groups in total. The molecule has 0 bridgehead atoms. The van der Waals surface area contributed by atoms with Crippen LogP contribution in [0.15, 0.2) is 36.7 Å². The second kappa shape index (κ2) is 10.2. The fourth-order valence-electron chi connectivity index (χ4n) is 3.81. The fourth-order valence-corrected chi connectivity index (χ4v) is 3.81. The minimum absolute atomic E-state index is 0.0832. The molecule has 2 fully saturated rings. The van der Waals surface area contributed by atoms with Crippen LogP contribution in [0.2, 0.25) is 0 Å². The standard InChI is InChI=1S/C25H26N8O4/c1-26-24(35)21-17(11-20(31-32-21)30-23(34)14-7-8-14)29-16-6-3-5-15(22(16)37-2)18-12-28-19(13-27-18)25(36)33-9-4-10-33/h3,5-6,11-14H,4,7-10H2,1-2H3,(H,26,35)(H2,29,30,31,34)/i1D3. The maximum atomic E-state index is 12.7. The predicted molar refractivity (Wildman–Crippen MR) is 135 cm³/mol. The summed E-state index contributed by atoms with van der Waals surface area (Å²) >= 11 is 0. The second-order valence-corrected chi connectivity index (χ2v) is 8.65. The number of rotatable bonds is 8. The van der Waals surface area contributed by atoms with Gasteiger partial charge < -0.3 is 25.6 Å². The van der Waals surface area contributed by atoms with Gasteiger partial charge in [0.05, 0.1) is 36.6 Å². The first kappa shape index (κ1) is 20.6. The maximum absolute atomic E-state index is 12.7. The first-order chi connectivity index (χ1) is 19.1. The third-order valence-corrected chi connectivity index (χ3v) is 6.10. The van der Waals surface area contributed by atoms with Gasteiger partial charge >= 0.3 is 0 Å². The fraction of sp³-hybridized carbons (Fsp3) is 0.320. The van der Waals surface area contributed by atoms with Gasteiger partial charge in [-0.15, -0.1) is 10.2 Å². The Hall–Kier alpha value is -4.61. The number of aromatic nitrogens is 4. The van der Waals surface area contributed by atoms with E-state index >= 15 is 0 Å². The van der Waals surface area contributed by atoms with Crippen LogP contribution in [0.3, 0.4) is 0 Å². The van der Waals surface area contributed by atoms with Gasteiger partial charge in [-0.2, -0.15) is 0 Å². The number of carbonyl (C=O) groups excluding carboxylic acids is 3. The van der Waals surface area contributed by atoms with E-state index in [4.69, 9.17) is 8.85 Å². The molecule has 2 aliphatic rings. The Kier molecular flexibility index (Phi) is 5.65. The lowest BCUT2D eigenvalue weighted by Crippen LogP contribution is -2.42. The molecular formula is C25H26N8O4. The molecule has 0 spiro atoms. The maximum Gasteiger partial charge on any atom is 0.274 e. The number of nitrogens with one attached hydrogen (secondary N) is 3. The number of likely N-dealkylation sites (tertiary alicyclic amines) is 1. The van der Waals surface area contributed by atoms with Crippen molar-refractivity contribution in [2.24, 2.45) is 5.92 Å². The van der Waals surface area contributed by atoms with Gasteiger partial charge in [-0.05, 0) is 31.4 Å². The predicted octanol–water partition coefficient (Wildman–Crippen LogP) is 2.24. The highest BCUT2D eigenvalue weighted by atomic mass is 16.5. The van der Waals surface area contributed by atoms with Crippen molar-refractivity contribution in [3.8, 4) is 17.0 Å². The lowest BCUT2D eigenvalue weighted by molar-refractivity contribution is -0.117. The molecule has 37 heavy (non-hydrogen) atoms. The van der Waals surface area contributed by atoms with Gasteiger partial charge in [0, 0.05) is 41.7 Å². The summed E-state index contributed by atoms with van der Waals surface area (Å²) in [6, 6.07) is 6.53. The number of hydrogen-bond acceptors (Lipinski definition) is 9. The molecule has 0 unspecified atom stereocenters. The normalized spacial score (nSPS) is 15.9. The molecule has 1 aliphatic carbocycles. The van der Waals surface area contributed by atoms with E-state index in [1.54, 1.807) is 23.1 Å². The van der Waals surface area contributed by atoms with Crippen molar-refractivity contribution in [3.05, 3.63) is 48.0 Å². The molecular weight excluding hydrogens is 476 g/mol. The van der Waals surface area contributed by atoms with Gasteiger partial charge in [0.1, 0.15) is 5.69 Å². The molecule has 1 aromatic carbocycles. The van der Waals surface area contributed by atoms with Crippen LogP contribution in [0.25, 0.3) is 11.3 Å². The highest BCUT2D eigenvalue weighted by molar-refractivity contribution is 6.00. The highest BCUT2D eigenvalue weighted by Crippen LogP contribution is 2.38. The van der Waals surface area contributed by atoms with E-state index in [0.717, 1.165) is 19.3 Å². The summed E-state index contributed by atoms with van der Waals surface area (Å²) in [5.41, 5.74) is 1.39. The quantitative estimate of drug-likeness (QED) is 0.418. The van der Waals surface area contributed by atoms with E-state index in [1.807, 2.05) is 5.32 Å². The van der Waals surface area contributed by atoms with Crippen LogP contribution in [0.5, 0.6) is 5.75 Å². The number of methoxy groups -OCH3 is 1. The Morgan fingerprint density at radius 2 is 1.95 bits per heavy atom. The average Bonchev–Trinajstić information content (AvgIpc) is 3.73. The second-order valence-electron chi connectivity index (χ2n) is 8.65. The van der Waals surface area contributed by atoms with Crippen molar-refractivity contribution in [2.45, 2.75) is 19.3 Å². The van der Waals surface area contributed by atoms with E-state index < -0.39 is 12.9 Å². The van der Waals surface area contributed by atoms with E-state index in [-0.39, 0.29) is 40.6 Å². The first-order valence-electron chi connectivity index (χ1n) is 13.2. The number of para-hydroxylation sites is 1. The molecule has 3 heterocycles. The van der Waals surface area contributed by atoms with Gasteiger partial charge in [-0.1, -0.05) is 6.07 Å². The molecule has 1 saturated heterocycles. The first-order valence-corrected chi connectivity index (χ1v) is 11.7. The lowest BCUT2D eigenvalue weighted by Gasteiger charge is -2.30. The van der Waals surface area contributed by atoms with Crippen molar-refractivity contribution in [1.82, 2.24) is 30.4 Å². The molecule has 12 heteroatoms. The summed E-state index contributed by atoms with van der Waals surface area (Å²) in [5, 5.41) is 15.4. The van der Waals surface area contributed by atoms with E-state index in [9.17, 15) is 14.4 Å². The van der Waals surface area contributed by atoms with Crippen LogP contribution in [0, 0.1) is 5.92 Å². The number of hydrogen-bond donors (Lipinski definition) is 3. The van der Waals surface area contributed by atoms with Gasteiger partial charge in [-0.25, -0.2) is 4.98 Å². The molecule has 3 aromatic rings. The summed E-state index contributed by atoms with van der Waals surface area (Å²) in [6.07, 6.45) is 5.42. The summed E-state index contributed by atoms with van der Waals surface area (Å²) in [6.45, 7) is -1.35. The van der Waals surface area contributed by atoms with Crippen LogP contribution >= 0.6 is 0 Å². The van der Waals surface area contributed by atoms with Gasteiger partial charge in [0.2, 0.25) is 5.91 Å². The van der Waals surface area contributed by atoms with E-state index in [2.05, 4.69) is 30.8 Å². The SMILES string of the molecule is [2H]C([2H])([2H])NC(=O)c1nnc(NC(=O)C2CC2)cc1Nc1cccc(-c2cnc(C(=O)N3CCC3)cn2)c1OC. The molecule has 0 atom stereocenters. The third-order valence-electron chi connectivity index (χ3n) is 6.10. The van der Waals surface area contributed by atoms with E-state index in [1.165, 1.54) is 25.6 Å². The van der Waals surface area contributed by atoms with Crippen molar-refractivity contribution in [1.29, 1.82) is 0 Å². The number of benzene rings is 1. The van der Waals surface area contributed by atoms with Crippen molar-refractivity contribution in [3.63, 3.8) is 0 Å². The largest absolute Gasteiger partial charge is 0.494 e. The highest BCUT2D eigenvalue weighted by Gasteiger charge is 2.30. The number of amides is 3. The van der Waals surface area contributed by atoms with Crippen LogP contribution in [-0.4, -0.2) is 70.0 Å². The average molecular weight is 506 g/mol. The third kappa shape index (κ3) is 5.03. The Labute approximate surface area is 217 Å². The van der Waals surface area contributed by atoms with Crippen LogP contribution in [0.1, 0.15) is 44.4 Å². The molecule has 5 rings (SSSR count). The Morgan fingerprint density at radius 3 is 2.59 bits per heavy atom. The molecule has 1 saturated carbocycles. The summed E-state index contributed by atoms with van der Waals surface area (Å²) in [5.74, 6) is -1.05. The zero-order valence-electron chi connectivity index (χ0n) is 22.9. The lowest BCUT2D eigenvalue weighted by atomic mass is 10.1. The molecule has 3 amide bonds. The van der Waals surface area contributed by atoms with Crippen molar-refractivity contribution in [2.75, 3.05) is 37.8 Å². The summed E-state index contributed by atoms with van der Waals surface area (Å²) in [7, 11) is 1.45. The molecule has 190 valence electrons. The monoisotopic (exact) mass is 505 g/mol. The zero-order valence-corrected chi connectivity index (χ0v) is 19.9. The summed E-state index contributed by atoms with van der Waals surface area (Å²) < 4.78 is 27.8. The Balaban J connectivity index is 1.46. The van der Waals surface area contributed by atoms with E-state index in [0.29, 0.717) is 35.8 Å². The summed E-state index contributed by atoms with van der Waals surface area (Å²) in [4.78, 5) is 47.8. The number of anilines is 3. The van der Waals surface area contributed by atoms with Gasteiger partial charge in [0.25, 0.3) is 11.8 Å². The van der Waals surface area contributed by atoms with Crippen LogP contribution in [0.4, 0.5) is 17.2 Å². The minimum atomic E-state index is -2.76. The molecule has 12 nitrogen and oxygen atoms in total. The number of nitrogens with zero attached hydrogens (tertiary/aromatic N) is 5.